The fourth-order valence-corrected chi connectivity index (χ4v) is 2.90. The van der Waals surface area contributed by atoms with Crippen molar-refractivity contribution in [3.8, 4) is 17.2 Å². The summed E-state index contributed by atoms with van der Waals surface area (Å²) in [5.41, 5.74) is -0.318. The molecule has 9 heteroatoms. The predicted molar refractivity (Wildman–Crippen MR) is 81.1 cm³/mol. The molecule has 0 spiro atoms. The van der Waals surface area contributed by atoms with E-state index in [1.165, 1.54) is 22.8 Å². The van der Waals surface area contributed by atoms with Crippen molar-refractivity contribution in [3.05, 3.63) is 40.4 Å². The highest BCUT2D eigenvalue weighted by atomic mass is 19.4. The van der Waals surface area contributed by atoms with Crippen LogP contribution in [0.3, 0.4) is 0 Å². The summed E-state index contributed by atoms with van der Waals surface area (Å²) in [6, 6.07) is 5.46. The molecule has 0 N–H and O–H groups in total. The van der Waals surface area contributed by atoms with Crippen LogP contribution in [0.25, 0.3) is 22.7 Å². The smallest absolute Gasteiger partial charge is 0.417 e. The Kier molecular flexibility index (Phi) is 3.52. The second-order valence-electron chi connectivity index (χ2n) is 5.66. The van der Waals surface area contributed by atoms with Gasteiger partial charge in [0, 0.05) is 13.0 Å². The van der Waals surface area contributed by atoms with E-state index in [9.17, 15) is 18.0 Å². The molecule has 25 heavy (non-hydrogen) atoms. The highest BCUT2D eigenvalue weighted by Gasteiger charge is 2.33. The minimum Gasteiger partial charge on any atom is -0.417 e. The molecule has 0 saturated heterocycles. The molecule has 0 amide bonds. The number of aromatic nitrogens is 3. The topological polar surface area (TPSA) is 70.2 Å². The highest BCUT2D eigenvalue weighted by molar-refractivity contribution is 5.74. The normalized spacial score (nSPS) is 14.5. The van der Waals surface area contributed by atoms with Crippen LogP contribution in [0.15, 0.2) is 33.5 Å². The minimum absolute atomic E-state index is 0.000182. The molecule has 6 nitrogen and oxygen atoms in total. The Bertz CT molecular complexity index is 1010. The van der Waals surface area contributed by atoms with E-state index >= 15 is 0 Å². The van der Waals surface area contributed by atoms with E-state index in [0.717, 1.165) is 18.9 Å². The molecule has 1 aliphatic rings. The zero-order valence-corrected chi connectivity index (χ0v) is 12.8. The molecule has 3 aromatic rings. The summed E-state index contributed by atoms with van der Waals surface area (Å²) in [4.78, 5) is 20.9. The number of aryl methyl sites for hydroxylation is 1. The largest absolute Gasteiger partial charge is 0.573 e. The first-order valence-electron chi connectivity index (χ1n) is 7.68. The highest BCUT2D eigenvalue weighted by Crippen LogP contribution is 2.34. The standard InChI is InChI=1S/C16H12F3N3O3/c17-16(18,19)25-10-6-2-1-5-9(10)13-21-12-14(24-13)20-11-7-3-4-8-22(11)15(12)23/h1-2,5-6H,3-4,7-8H2. The maximum absolute atomic E-state index is 12.6. The number of halogens is 3. The van der Waals surface area contributed by atoms with E-state index in [2.05, 4.69) is 14.7 Å². The lowest BCUT2D eigenvalue weighted by Crippen LogP contribution is -2.28. The van der Waals surface area contributed by atoms with Gasteiger partial charge in [-0.15, -0.1) is 13.2 Å². The third-order valence-electron chi connectivity index (χ3n) is 3.97. The van der Waals surface area contributed by atoms with Crippen LogP contribution in [0.1, 0.15) is 18.7 Å². The van der Waals surface area contributed by atoms with Crippen molar-refractivity contribution in [2.24, 2.45) is 0 Å². The number of hydrogen-bond donors (Lipinski definition) is 0. The van der Waals surface area contributed by atoms with Gasteiger partial charge in [-0.3, -0.25) is 9.36 Å². The molecule has 3 heterocycles. The molecule has 1 aliphatic heterocycles. The number of fused-ring (bicyclic) bond motifs is 2. The Morgan fingerprint density at radius 2 is 1.96 bits per heavy atom. The zero-order valence-electron chi connectivity index (χ0n) is 12.8. The maximum Gasteiger partial charge on any atom is 0.573 e. The number of hydrogen-bond acceptors (Lipinski definition) is 5. The summed E-state index contributed by atoms with van der Waals surface area (Å²) >= 11 is 0. The second kappa shape index (κ2) is 5.61. The van der Waals surface area contributed by atoms with Gasteiger partial charge in [-0.1, -0.05) is 12.1 Å². The van der Waals surface area contributed by atoms with Crippen molar-refractivity contribution < 1.29 is 22.3 Å². The van der Waals surface area contributed by atoms with Crippen LogP contribution in [-0.4, -0.2) is 20.9 Å². The van der Waals surface area contributed by atoms with Crippen molar-refractivity contribution in [2.75, 3.05) is 0 Å². The quantitative estimate of drug-likeness (QED) is 0.709. The number of para-hydroxylation sites is 1. The average Bonchev–Trinajstić information content (AvgIpc) is 2.98. The Balaban J connectivity index is 1.86. The first kappa shape index (κ1) is 15.7. The molecule has 0 atom stereocenters. The van der Waals surface area contributed by atoms with Gasteiger partial charge in [0.25, 0.3) is 11.3 Å². The van der Waals surface area contributed by atoms with E-state index in [1.54, 1.807) is 0 Å². The van der Waals surface area contributed by atoms with Gasteiger partial charge in [0.2, 0.25) is 5.89 Å². The monoisotopic (exact) mass is 351 g/mol. The average molecular weight is 351 g/mol. The Morgan fingerprint density at radius 3 is 2.76 bits per heavy atom. The maximum atomic E-state index is 12.6. The van der Waals surface area contributed by atoms with Gasteiger partial charge >= 0.3 is 6.36 Å². The van der Waals surface area contributed by atoms with E-state index in [1.807, 2.05) is 0 Å². The molecule has 2 aromatic heterocycles. The Labute approximate surface area is 138 Å². The van der Waals surface area contributed by atoms with Gasteiger partial charge in [-0.25, -0.2) is 4.98 Å². The van der Waals surface area contributed by atoms with Gasteiger partial charge in [0.15, 0.2) is 5.52 Å². The molecule has 0 saturated carbocycles. The van der Waals surface area contributed by atoms with Crippen LogP contribution in [-0.2, 0) is 13.0 Å². The van der Waals surface area contributed by atoms with Crippen LogP contribution in [0.5, 0.6) is 5.75 Å². The van der Waals surface area contributed by atoms with Crippen molar-refractivity contribution in [3.63, 3.8) is 0 Å². The molecule has 130 valence electrons. The van der Waals surface area contributed by atoms with Crippen LogP contribution in [0, 0.1) is 0 Å². The van der Waals surface area contributed by atoms with Crippen LogP contribution >= 0.6 is 0 Å². The van der Waals surface area contributed by atoms with E-state index in [4.69, 9.17) is 4.42 Å². The summed E-state index contributed by atoms with van der Waals surface area (Å²) in [5, 5.41) is 0. The zero-order chi connectivity index (χ0) is 17.6. The predicted octanol–water partition coefficient (Wildman–Crippen LogP) is 3.29. The van der Waals surface area contributed by atoms with E-state index in [-0.39, 0.29) is 28.2 Å². The molecule has 0 aliphatic carbocycles. The Morgan fingerprint density at radius 1 is 1.16 bits per heavy atom. The van der Waals surface area contributed by atoms with Gasteiger partial charge < -0.3 is 9.15 Å². The minimum atomic E-state index is -4.85. The summed E-state index contributed by atoms with van der Waals surface area (Å²) in [6.07, 6.45) is -2.41. The van der Waals surface area contributed by atoms with Crippen LogP contribution < -0.4 is 10.3 Å². The van der Waals surface area contributed by atoms with E-state index < -0.39 is 12.1 Å². The molecule has 4 rings (SSSR count). The van der Waals surface area contributed by atoms with Crippen molar-refractivity contribution in [1.29, 1.82) is 0 Å². The number of ether oxygens (including phenoxy) is 1. The van der Waals surface area contributed by atoms with E-state index in [0.29, 0.717) is 18.8 Å². The SMILES string of the molecule is O=c1c2nc(-c3ccccc3OC(F)(F)F)oc2nc2n1CCCC2. The third-order valence-corrected chi connectivity index (χ3v) is 3.97. The van der Waals surface area contributed by atoms with Crippen molar-refractivity contribution >= 4 is 11.2 Å². The van der Waals surface area contributed by atoms with Gasteiger partial charge in [-0.2, -0.15) is 4.98 Å². The van der Waals surface area contributed by atoms with Crippen molar-refractivity contribution in [1.82, 2.24) is 14.5 Å². The summed E-state index contributed by atoms with van der Waals surface area (Å²) in [6.45, 7) is 0.549. The molecule has 0 radical (unpaired) electrons. The fraction of sp³-hybridized carbons (Fsp3) is 0.312. The molecule has 1 aromatic carbocycles. The van der Waals surface area contributed by atoms with Crippen LogP contribution in [0.4, 0.5) is 13.2 Å². The van der Waals surface area contributed by atoms with Gasteiger partial charge in [-0.05, 0) is 25.0 Å². The molecule has 0 unspecified atom stereocenters. The lowest BCUT2D eigenvalue weighted by atomic mass is 10.1. The fourth-order valence-electron chi connectivity index (χ4n) is 2.90. The molecular weight excluding hydrogens is 339 g/mol. The number of rotatable bonds is 2. The summed E-state index contributed by atoms with van der Waals surface area (Å²) in [7, 11) is 0. The lowest BCUT2D eigenvalue weighted by Gasteiger charge is -2.15. The number of nitrogens with zero attached hydrogens (tertiary/aromatic N) is 3. The number of oxazole rings is 1. The summed E-state index contributed by atoms with van der Waals surface area (Å²) < 4.78 is 48.7. The van der Waals surface area contributed by atoms with Gasteiger partial charge in [0.1, 0.15) is 11.6 Å². The Hall–Kier alpha value is -2.84. The van der Waals surface area contributed by atoms with Gasteiger partial charge in [0.05, 0.1) is 5.56 Å². The first-order valence-corrected chi connectivity index (χ1v) is 7.68. The number of alkyl halides is 3. The van der Waals surface area contributed by atoms with Crippen molar-refractivity contribution in [2.45, 2.75) is 32.2 Å². The first-order chi connectivity index (χ1) is 11.9. The molecule has 0 fully saturated rings. The molecule has 0 bridgehead atoms. The third kappa shape index (κ3) is 2.86. The summed E-state index contributed by atoms with van der Waals surface area (Å²) in [5.74, 6) is 0.0140. The molecular formula is C16H12F3N3O3. The number of benzene rings is 1. The van der Waals surface area contributed by atoms with Crippen LogP contribution in [0.2, 0.25) is 0 Å². The second-order valence-corrected chi connectivity index (χ2v) is 5.66. The lowest BCUT2D eigenvalue weighted by molar-refractivity contribution is -0.274.